The summed E-state index contributed by atoms with van der Waals surface area (Å²) in [5.41, 5.74) is 1.34. The number of nitrogens with one attached hydrogen (secondary N) is 1. The minimum atomic E-state index is -4.11. The van der Waals surface area contributed by atoms with E-state index in [9.17, 15) is 26.4 Å². The van der Waals surface area contributed by atoms with E-state index >= 15 is 0 Å². The molecule has 6 heterocycles. The fourth-order valence-electron chi connectivity index (χ4n) is 5.40. The molecule has 0 unspecified atom stereocenters. The van der Waals surface area contributed by atoms with E-state index in [4.69, 9.17) is 45.6 Å². The van der Waals surface area contributed by atoms with Crippen LogP contribution in [0.2, 0.25) is 10.3 Å². The number of amides is 1. The molecule has 2 fully saturated rings. The molecule has 67 heavy (non-hydrogen) atoms. The molecule has 0 saturated heterocycles. The molecule has 8 rings (SSSR count). The second kappa shape index (κ2) is 23.5. The Morgan fingerprint density at radius 2 is 1.22 bits per heavy atom. The summed E-state index contributed by atoms with van der Waals surface area (Å²) in [6, 6.07) is 9.31. The molecular formula is C39H48BCl2IN12O9S2U. The largest absolute Gasteiger partial charge is 0.478 e. The van der Waals surface area contributed by atoms with Crippen LogP contribution in [0.5, 0.6) is 11.8 Å². The van der Waals surface area contributed by atoms with Crippen molar-refractivity contribution in [1.29, 1.82) is 1.34 Å². The van der Waals surface area contributed by atoms with Crippen LogP contribution >= 0.6 is 45.8 Å². The predicted octanol–water partition coefficient (Wildman–Crippen LogP) is 4.84. The molecule has 0 aliphatic heterocycles. The quantitative estimate of drug-likeness (QED) is 0.0604. The van der Waals surface area contributed by atoms with Crippen molar-refractivity contribution < 1.29 is 73.5 Å². The molecule has 2 radical (unpaired) electrons. The normalized spacial score (nSPS) is 14.2. The maximum Gasteiger partial charge on any atom is 0.338 e. The number of carbonyl (C=O) groups excluding carboxylic acids is 1. The Labute approximate surface area is 439 Å². The van der Waals surface area contributed by atoms with Crippen molar-refractivity contribution >= 4 is 86.1 Å². The van der Waals surface area contributed by atoms with E-state index in [-0.39, 0.29) is 73.2 Å². The van der Waals surface area contributed by atoms with Gasteiger partial charge in [0, 0.05) is 90.3 Å². The topological polar surface area (TPSA) is 276 Å². The summed E-state index contributed by atoms with van der Waals surface area (Å²) in [7, 11) is -0.694. The van der Waals surface area contributed by atoms with E-state index in [1.807, 2.05) is 27.3 Å². The van der Waals surface area contributed by atoms with Gasteiger partial charge in [-0.3, -0.25) is 14.2 Å². The van der Waals surface area contributed by atoms with Crippen molar-refractivity contribution in [2.24, 2.45) is 30.1 Å². The van der Waals surface area contributed by atoms with Gasteiger partial charge in [0.25, 0.3) is 15.9 Å². The van der Waals surface area contributed by atoms with Gasteiger partial charge in [0.15, 0.2) is 11.6 Å². The number of halogens is 3. The Hall–Kier alpha value is -4.03. The Morgan fingerprint density at radius 3 is 1.55 bits per heavy atom. The first-order valence-electron chi connectivity index (χ1n) is 20.5. The minimum absolute atomic E-state index is 0. The van der Waals surface area contributed by atoms with Crippen molar-refractivity contribution in [1.82, 2.24) is 53.8 Å². The van der Waals surface area contributed by atoms with Gasteiger partial charge < -0.3 is 14.6 Å². The molecule has 2 saturated carbocycles. The number of hydrogen-bond donors (Lipinski definition) is 3. The van der Waals surface area contributed by atoms with Crippen molar-refractivity contribution in [3.63, 3.8) is 0 Å². The van der Waals surface area contributed by atoms with E-state index in [1.54, 1.807) is 58.5 Å². The van der Waals surface area contributed by atoms with Gasteiger partial charge in [-0.1, -0.05) is 59.6 Å². The molecule has 0 bridgehead atoms. The van der Waals surface area contributed by atoms with E-state index in [0.29, 0.717) is 52.9 Å². The third kappa shape index (κ3) is 15.2. The van der Waals surface area contributed by atoms with Crippen molar-refractivity contribution in [2.45, 2.75) is 63.2 Å². The number of aromatic carboxylic acids is 1. The van der Waals surface area contributed by atoms with Gasteiger partial charge >= 0.3 is 5.97 Å². The van der Waals surface area contributed by atoms with Gasteiger partial charge in [-0.25, -0.2) is 50.8 Å². The molecule has 2 aliphatic rings. The summed E-state index contributed by atoms with van der Waals surface area (Å²) in [5, 5.41) is 29.8. The molecule has 0 aromatic carbocycles. The number of hydrogen-bond acceptors (Lipinski definition) is 14. The molecule has 358 valence electrons. The van der Waals surface area contributed by atoms with Crippen molar-refractivity contribution in [3.05, 3.63) is 94.0 Å². The van der Waals surface area contributed by atoms with E-state index in [2.05, 4.69) is 52.6 Å². The van der Waals surface area contributed by atoms with E-state index < -0.39 is 31.9 Å². The van der Waals surface area contributed by atoms with E-state index in [0.717, 1.165) is 12.8 Å². The fourth-order valence-corrected chi connectivity index (χ4v) is 7.78. The van der Waals surface area contributed by atoms with E-state index in [1.165, 1.54) is 62.2 Å². The maximum atomic E-state index is 12.5. The summed E-state index contributed by atoms with van der Waals surface area (Å²) < 4.78 is 77.2. The summed E-state index contributed by atoms with van der Waals surface area (Å²) >= 11 is 14.0. The first-order chi connectivity index (χ1) is 31.9. The van der Waals surface area contributed by atoms with Gasteiger partial charge in [-0.05, 0) is 70.0 Å². The molecule has 2 aliphatic carbocycles. The van der Waals surface area contributed by atoms with Crippen molar-refractivity contribution in [3.8, 4) is 23.4 Å². The molecule has 0 spiro atoms. The number of rotatable bonds is 13. The van der Waals surface area contributed by atoms with Crippen LogP contribution in [0.15, 0.2) is 71.0 Å². The van der Waals surface area contributed by atoms with Gasteiger partial charge in [-0.15, -0.1) is 10.2 Å². The third-order valence-electron chi connectivity index (χ3n) is 10.3. The summed E-state index contributed by atoms with van der Waals surface area (Å²) in [6.07, 6.45) is 10.4. The Morgan fingerprint density at radius 1 is 0.821 bits per heavy atom. The molecule has 6 aromatic heterocycles. The Bertz CT molecular complexity index is 2960. The number of ether oxygens (including phenoxy) is 2. The number of sulfonamides is 2. The number of nitrogens with zero attached hydrogens (tertiary/aromatic N) is 10. The number of primary sulfonamides is 1. The van der Waals surface area contributed by atoms with Crippen LogP contribution in [0, 0.1) is 55.8 Å². The van der Waals surface area contributed by atoms with Gasteiger partial charge in [-0.2, -0.15) is 10.2 Å². The Kier molecular flexibility index (Phi) is 18.9. The SMILES string of the molecule is CC1(COc2ccn(-c3ccc(C(=O)O)c(Cl)n3)n2)CC1.Cc1c(S(=O)(=O)NC(=O)c2ccc(-n3ccc(OCC4(C)CC4)n3)nc2Cl)cnn1C.Cc1c(S(N)(=O)=O)cnn1C.[2H]CI.[2H][B].[U]. The van der Waals surface area contributed by atoms with Crippen LogP contribution in [-0.2, 0) is 34.1 Å². The second-order valence-electron chi connectivity index (χ2n) is 15.6. The predicted molar refractivity (Wildman–Crippen MR) is 254 cm³/mol. The summed E-state index contributed by atoms with van der Waals surface area (Å²) in [4.78, 5) is 32.1. The maximum absolute atomic E-state index is 12.5. The number of carboxylic acids is 1. The van der Waals surface area contributed by atoms with Gasteiger partial charge in [0.1, 0.15) is 20.1 Å². The number of carboxylic acid groups (broad SMARTS) is 1. The third-order valence-corrected chi connectivity index (χ3v) is 13.3. The zero-order valence-corrected chi connectivity index (χ0v) is 46.5. The summed E-state index contributed by atoms with van der Waals surface area (Å²) in [5.74, 6) is -0.220. The minimum Gasteiger partial charge on any atom is -0.478 e. The molecule has 4 N–H and O–H groups in total. The molecule has 21 nitrogen and oxygen atoms in total. The van der Waals surface area contributed by atoms with Crippen LogP contribution in [0.1, 0.15) is 73.0 Å². The zero-order valence-electron chi connectivity index (χ0n) is 39.0. The first kappa shape index (κ1) is 53.9. The number of aryl methyl sites for hydroxylation is 2. The fraction of sp³-hybridized carbons (Fsp3) is 0.385. The average Bonchev–Trinajstić information content (AvgIpc) is 3.82. The van der Waals surface area contributed by atoms with Crippen LogP contribution in [0.4, 0.5) is 0 Å². The standard InChI is InChI=1S/C19H21ClN6O4S.C14H14ClN3O3.C5H9N3O2S.CH3I.BH.U/c1-12-14(10-21-25(12)3)31(28,29)24-18(27)13-4-5-15(22-17(13)20)26-9-6-16(23-26)30-11-19(2)7-8-19;1-14(5-6-14)8-21-11-4-7-18(17-11)10-3-2-9(13(19)20)12(15)16-10;1-4-5(11(6,9)10)3-7-8(4)2;1-2;;/h4-6,9-10H,7-8,11H2,1-3H3,(H,24,27);2-4,7H,5-6,8H2,1H3,(H,19,20);3H,1-2H3,(H2,6,9,10);1H3;1H;/i;;;2*1D;. The number of pyridine rings is 2. The average molecular weight is 1340 g/mol. The number of alkyl halides is 1. The summed E-state index contributed by atoms with van der Waals surface area (Å²) in [6.45, 7) is 8.81. The van der Waals surface area contributed by atoms with Crippen LogP contribution in [0.25, 0.3) is 11.6 Å². The number of nitrogens with two attached hydrogens (primary N) is 1. The van der Waals surface area contributed by atoms with Crippen LogP contribution in [0.3, 0.4) is 0 Å². The monoisotopic (exact) mass is 1340 g/mol. The Balaban J connectivity index is 0.000000286. The van der Waals surface area contributed by atoms with Crippen molar-refractivity contribution in [2.75, 3.05) is 18.1 Å². The molecule has 28 heteroatoms. The molecule has 0 atom stereocenters. The number of carbonyl (C=O) groups is 2. The van der Waals surface area contributed by atoms with Gasteiger partial charge in [0.2, 0.25) is 21.8 Å². The smallest absolute Gasteiger partial charge is 0.338 e. The zero-order chi connectivity index (χ0) is 50.8. The molecule has 6 aromatic rings. The molecule has 1 amide bonds. The second-order valence-corrected chi connectivity index (χ2v) is 19.5. The molecular weight excluding hydrogens is 1290 g/mol. The van der Waals surface area contributed by atoms with Crippen LogP contribution in [-0.4, -0.2) is 111 Å². The van der Waals surface area contributed by atoms with Crippen LogP contribution < -0.4 is 19.3 Å². The first-order valence-corrected chi connectivity index (χ1v) is 24.6. The number of aromatic nitrogens is 10. The van der Waals surface area contributed by atoms with Gasteiger partial charge in [0.05, 0.1) is 48.1 Å².